The molecule has 120 valence electrons. The van der Waals surface area contributed by atoms with Crippen LogP contribution in [0.3, 0.4) is 0 Å². The lowest BCUT2D eigenvalue weighted by molar-refractivity contribution is 0.254. The number of rotatable bonds is 5. The first-order valence-electron chi connectivity index (χ1n) is 7.97. The predicted octanol–water partition coefficient (Wildman–Crippen LogP) is 2.82. The summed E-state index contributed by atoms with van der Waals surface area (Å²) in [6.07, 6.45) is 9.92. The molecule has 0 saturated heterocycles. The van der Waals surface area contributed by atoms with E-state index >= 15 is 0 Å². The van der Waals surface area contributed by atoms with E-state index in [0.717, 1.165) is 34.2 Å². The zero-order valence-electron chi connectivity index (χ0n) is 12.7. The van der Waals surface area contributed by atoms with Crippen molar-refractivity contribution in [3.63, 3.8) is 0 Å². The van der Waals surface area contributed by atoms with Crippen LogP contribution in [0.2, 0.25) is 0 Å². The van der Waals surface area contributed by atoms with E-state index in [-0.39, 0.29) is 6.61 Å². The molecule has 0 spiro atoms. The van der Waals surface area contributed by atoms with E-state index in [2.05, 4.69) is 20.4 Å². The molecule has 0 radical (unpaired) electrons. The van der Waals surface area contributed by atoms with E-state index in [4.69, 9.17) is 0 Å². The van der Waals surface area contributed by atoms with Crippen LogP contribution >= 0.6 is 11.3 Å². The molecule has 3 aromatic heterocycles. The number of aromatic nitrogens is 4. The van der Waals surface area contributed by atoms with Crippen LogP contribution in [0.15, 0.2) is 30.7 Å². The van der Waals surface area contributed by atoms with Crippen molar-refractivity contribution in [3.05, 3.63) is 30.7 Å². The molecule has 1 fully saturated rings. The maximum absolute atomic E-state index is 9.17. The van der Waals surface area contributed by atoms with E-state index in [1.54, 1.807) is 17.5 Å². The lowest BCUT2D eigenvalue weighted by Gasteiger charge is -2.19. The molecular formula is C16H19N5OS. The van der Waals surface area contributed by atoms with Gasteiger partial charge in [0, 0.05) is 30.6 Å². The molecule has 23 heavy (non-hydrogen) atoms. The Morgan fingerprint density at radius 3 is 3.13 bits per heavy atom. The second-order valence-corrected chi connectivity index (χ2v) is 6.91. The van der Waals surface area contributed by atoms with Gasteiger partial charge in [-0.05, 0) is 37.3 Å². The molecule has 4 rings (SSSR count). The molecule has 1 saturated carbocycles. The molecule has 3 aromatic rings. The summed E-state index contributed by atoms with van der Waals surface area (Å²) < 4.78 is 1.82. The molecule has 6 nitrogen and oxygen atoms in total. The molecule has 1 aliphatic rings. The van der Waals surface area contributed by atoms with Gasteiger partial charge in [0.2, 0.25) is 10.1 Å². The molecule has 0 amide bonds. The zero-order valence-corrected chi connectivity index (χ0v) is 13.5. The minimum absolute atomic E-state index is 0.262. The van der Waals surface area contributed by atoms with Gasteiger partial charge in [-0.1, -0.05) is 17.8 Å². The monoisotopic (exact) mass is 329 g/mol. The Morgan fingerprint density at radius 2 is 2.35 bits per heavy atom. The standard InChI is InChI=1S/C16H19N5OS/c22-8-6-11-3-1-5-13(11)18-15-20-21-10-14(19-16(21)23-15)12-4-2-7-17-9-12/h2,4,7,9-11,13,22H,1,3,5-6,8H2,(H,18,20). The Labute approximate surface area is 138 Å². The van der Waals surface area contributed by atoms with E-state index < -0.39 is 0 Å². The van der Waals surface area contributed by atoms with Crippen molar-refractivity contribution in [2.45, 2.75) is 31.7 Å². The SMILES string of the molecule is OCCC1CCCC1Nc1nn2cc(-c3cccnc3)nc2s1. The number of anilines is 1. The minimum Gasteiger partial charge on any atom is -0.396 e. The summed E-state index contributed by atoms with van der Waals surface area (Å²) in [5.41, 5.74) is 1.89. The molecule has 0 bridgehead atoms. The Balaban J connectivity index is 1.53. The molecule has 1 aliphatic carbocycles. The van der Waals surface area contributed by atoms with Crippen molar-refractivity contribution in [1.82, 2.24) is 19.6 Å². The van der Waals surface area contributed by atoms with Crippen molar-refractivity contribution < 1.29 is 5.11 Å². The highest BCUT2D eigenvalue weighted by molar-refractivity contribution is 7.20. The fourth-order valence-electron chi connectivity index (χ4n) is 3.31. The topological polar surface area (TPSA) is 75.3 Å². The molecule has 0 aromatic carbocycles. The number of hydrogen-bond acceptors (Lipinski definition) is 6. The number of aliphatic hydroxyl groups is 1. The Bertz CT molecular complexity index is 753. The van der Waals surface area contributed by atoms with Crippen molar-refractivity contribution in [1.29, 1.82) is 0 Å². The van der Waals surface area contributed by atoms with Crippen molar-refractivity contribution in [3.8, 4) is 11.3 Å². The third-order valence-corrected chi connectivity index (χ3v) is 5.32. The lowest BCUT2D eigenvalue weighted by Crippen LogP contribution is -2.24. The second kappa shape index (κ2) is 6.25. The number of imidazole rings is 1. The zero-order chi connectivity index (χ0) is 15.6. The van der Waals surface area contributed by atoms with E-state index in [1.807, 2.05) is 29.0 Å². The fourth-order valence-corrected chi connectivity index (χ4v) is 4.15. The quantitative estimate of drug-likeness (QED) is 0.753. The summed E-state index contributed by atoms with van der Waals surface area (Å²) in [5, 5.41) is 18.2. The molecule has 2 N–H and O–H groups in total. The third kappa shape index (κ3) is 2.94. The smallest absolute Gasteiger partial charge is 0.214 e. The minimum atomic E-state index is 0.262. The average molecular weight is 329 g/mol. The van der Waals surface area contributed by atoms with Gasteiger partial charge in [0.1, 0.15) is 0 Å². The van der Waals surface area contributed by atoms with Crippen LogP contribution in [-0.2, 0) is 0 Å². The van der Waals surface area contributed by atoms with Crippen LogP contribution in [0.25, 0.3) is 16.2 Å². The first kappa shape index (κ1) is 14.6. The fraction of sp³-hybridized carbons (Fsp3) is 0.438. The van der Waals surface area contributed by atoms with Gasteiger partial charge in [0.25, 0.3) is 0 Å². The van der Waals surface area contributed by atoms with E-state index in [1.165, 1.54) is 12.8 Å². The van der Waals surface area contributed by atoms with Crippen molar-refractivity contribution in [2.75, 3.05) is 11.9 Å². The summed E-state index contributed by atoms with van der Waals surface area (Å²) in [6, 6.07) is 4.32. The number of fused-ring (bicyclic) bond motifs is 1. The molecular weight excluding hydrogens is 310 g/mol. The first-order valence-corrected chi connectivity index (χ1v) is 8.79. The van der Waals surface area contributed by atoms with Gasteiger partial charge in [-0.3, -0.25) is 4.98 Å². The largest absolute Gasteiger partial charge is 0.396 e. The summed E-state index contributed by atoms with van der Waals surface area (Å²) >= 11 is 1.57. The highest BCUT2D eigenvalue weighted by atomic mass is 32.1. The lowest BCUT2D eigenvalue weighted by atomic mass is 10.0. The summed E-state index contributed by atoms with van der Waals surface area (Å²) in [6.45, 7) is 0.262. The number of hydrogen-bond donors (Lipinski definition) is 2. The van der Waals surface area contributed by atoms with Crippen LogP contribution in [-0.4, -0.2) is 37.3 Å². The van der Waals surface area contributed by atoms with Crippen LogP contribution in [0.1, 0.15) is 25.7 Å². The van der Waals surface area contributed by atoms with Gasteiger partial charge in [0.15, 0.2) is 0 Å². The molecule has 7 heteroatoms. The average Bonchev–Trinajstić information content (AvgIpc) is 3.24. The van der Waals surface area contributed by atoms with Crippen LogP contribution in [0.4, 0.5) is 5.13 Å². The maximum atomic E-state index is 9.17. The predicted molar refractivity (Wildman–Crippen MR) is 90.5 cm³/mol. The molecule has 2 unspecified atom stereocenters. The van der Waals surface area contributed by atoms with Gasteiger partial charge in [-0.2, -0.15) is 0 Å². The van der Waals surface area contributed by atoms with Crippen molar-refractivity contribution >= 4 is 21.4 Å². The Kier molecular flexibility index (Phi) is 3.97. The molecule has 2 atom stereocenters. The van der Waals surface area contributed by atoms with Gasteiger partial charge < -0.3 is 10.4 Å². The summed E-state index contributed by atoms with van der Waals surface area (Å²) in [7, 11) is 0. The molecule has 0 aliphatic heterocycles. The van der Waals surface area contributed by atoms with Gasteiger partial charge >= 0.3 is 0 Å². The maximum Gasteiger partial charge on any atom is 0.214 e. The third-order valence-electron chi connectivity index (χ3n) is 4.47. The summed E-state index contributed by atoms with van der Waals surface area (Å²) in [5.74, 6) is 0.544. The van der Waals surface area contributed by atoms with Crippen LogP contribution < -0.4 is 5.32 Å². The van der Waals surface area contributed by atoms with Crippen molar-refractivity contribution in [2.24, 2.45) is 5.92 Å². The Hall–Kier alpha value is -1.99. The normalized spacial score (nSPS) is 21.1. The Morgan fingerprint density at radius 1 is 1.39 bits per heavy atom. The van der Waals surface area contributed by atoms with Crippen LogP contribution in [0.5, 0.6) is 0 Å². The number of pyridine rings is 1. The second-order valence-electron chi connectivity index (χ2n) is 5.96. The highest BCUT2D eigenvalue weighted by Gasteiger charge is 2.27. The van der Waals surface area contributed by atoms with Gasteiger partial charge in [0.05, 0.1) is 11.9 Å². The van der Waals surface area contributed by atoms with Gasteiger partial charge in [-0.25, -0.2) is 9.50 Å². The van der Waals surface area contributed by atoms with E-state index in [0.29, 0.717) is 12.0 Å². The number of aliphatic hydroxyl groups excluding tert-OH is 1. The number of nitrogens with one attached hydrogen (secondary N) is 1. The first-order chi connectivity index (χ1) is 11.3. The van der Waals surface area contributed by atoms with Crippen LogP contribution in [0, 0.1) is 5.92 Å². The summed E-state index contributed by atoms with van der Waals surface area (Å²) in [4.78, 5) is 9.64. The highest BCUT2D eigenvalue weighted by Crippen LogP contribution is 2.32. The van der Waals surface area contributed by atoms with E-state index in [9.17, 15) is 5.11 Å². The molecule has 3 heterocycles. The van der Waals surface area contributed by atoms with Gasteiger partial charge in [-0.15, -0.1) is 5.10 Å². The number of nitrogens with zero attached hydrogens (tertiary/aromatic N) is 4.